The molecule has 0 aromatic carbocycles. The highest BCUT2D eigenvalue weighted by Crippen LogP contribution is 2.17. The average Bonchev–Trinajstić information content (AvgIpc) is 2.24. The zero-order chi connectivity index (χ0) is 12.1. The lowest BCUT2D eigenvalue weighted by Gasteiger charge is -2.10. The van der Waals surface area contributed by atoms with Gasteiger partial charge in [-0.2, -0.15) is 5.10 Å². The molecule has 0 radical (unpaired) electrons. The molecule has 0 amide bonds. The number of aryl methyl sites for hydroxylation is 1. The summed E-state index contributed by atoms with van der Waals surface area (Å²) in [6, 6.07) is 0. The molecule has 0 aliphatic rings. The molecule has 1 heterocycles. The summed E-state index contributed by atoms with van der Waals surface area (Å²) in [5, 5.41) is 14.8. The lowest BCUT2D eigenvalue weighted by Crippen LogP contribution is -2.24. The standard InChI is InChI=1S/C9H13N3O4/c1-3-16-8-6(10-5-7(13)14)4-11-12(2)9(8)15/h4,10H,3,5H2,1-2H3,(H,13,14). The number of carboxylic acid groups (broad SMARTS) is 1. The fraction of sp³-hybridized carbons (Fsp3) is 0.444. The van der Waals surface area contributed by atoms with Gasteiger partial charge in [-0.05, 0) is 6.92 Å². The third kappa shape index (κ3) is 2.72. The zero-order valence-electron chi connectivity index (χ0n) is 9.06. The number of nitrogens with one attached hydrogen (secondary N) is 1. The van der Waals surface area contributed by atoms with Crippen LogP contribution in [0.4, 0.5) is 5.69 Å². The first-order valence-electron chi connectivity index (χ1n) is 4.71. The Morgan fingerprint density at radius 1 is 1.69 bits per heavy atom. The van der Waals surface area contributed by atoms with Gasteiger partial charge in [-0.1, -0.05) is 0 Å². The summed E-state index contributed by atoms with van der Waals surface area (Å²) in [6.45, 7) is 1.76. The Bertz CT molecular complexity index is 441. The molecule has 0 saturated carbocycles. The van der Waals surface area contributed by atoms with E-state index < -0.39 is 11.5 Å². The fourth-order valence-electron chi connectivity index (χ4n) is 1.10. The van der Waals surface area contributed by atoms with Crippen molar-refractivity contribution in [3.8, 4) is 5.75 Å². The van der Waals surface area contributed by atoms with Gasteiger partial charge in [0.15, 0.2) is 0 Å². The van der Waals surface area contributed by atoms with Crippen molar-refractivity contribution in [1.82, 2.24) is 9.78 Å². The molecule has 0 saturated heterocycles. The second kappa shape index (κ2) is 5.15. The Kier molecular flexibility index (Phi) is 3.87. The molecule has 0 bridgehead atoms. The number of hydrogen-bond donors (Lipinski definition) is 2. The van der Waals surface area contributed by atoms with E-state index in [4.69, 9.17) is 9.84 Å². The Morgan fingerprint density at radius 2 is 2.38 bits per heavy atom. The van der Waals surface area contributed by atoms with Crippen LogP contribution < -0.4 is 15.6 Å². The second-order valence-corrected chi connectivity index (χ2v) is 3.00. The molecule has 0 atom stereocenters. The van der Waals surface area contributed by atoms with Crippen molar-refractivity contribution in [3.63, 3.8) is 0 Å². The molecular formula is C9H13N3O4. The van der Waals surface area contributed by atoms with Crippen LogP contribution in [0, 0.1) is 0 Å². The number of nitrogens with zero attached hydrogens (tertiary/aromatic N) is 2. The van der Waals surface area contributed by atoms with E-state index in [0.29, 0.717) is 6.61 Å². The fourth-order valence-corrected chi connectivity index (χ4v) is 1.10. The summed E-state index contributed by atoms with van der Waals surface area (Å²) in [7, 11) is 1.49. The highest BCUT2D eigenvalue weighted by Gasteiger charge is 2.11. The number of aromatic nitrogens is 2. The Morgan fingerprint density at radius 3 is 2.94 bits per heavy atom. The van der Waals surface area contributed by atoms with E-state index in [0.717, 1.165) is 4.68 Å². The van der Waals surface area contributed by atoms with Gasteiger partial charge in [-0.15, -0.1) is 0 Å². The number of ether oxygens (including phenoxy) is 1. The molecule has 0 spiro atoms. The summed E-state index contributed by atoms with van der Waals surface area (Å²) >= 11 is 0. The van der Waals surface area contributed by atoms with Crippen LogP contribution in [0.1, 0.15) is 6.92 Å². The van der Waals surface area contributed by atoms with Gasteiger partial charge in [-0.25, -0.2) is 4.68 Å². The smallest absolute Gasteiger partial charge is 0.322 e. The second-order valence-electron chi connectivity index (χ2n) is 3.00. The summed E-state index contributed by atoms with van der Waals surface area (Å²) in [6.07, 6.45) is 1.36. The summed E-state index contributed by atoms with van der Waals surface area (Å²) in [5.41, 5.74) is -0.121. The van der Waals surface area contributed by atoms with Crippen LogP contribution in [0.5, 0.6) is 5.75 Å². The van der Waals surface area contributed by atoms with Gasteiger partial charge in [-0.3, -0.25) is 9.59 Å². The van der Waals surface area contributed by atoms with E-state index in [9.17, 15) is 9.59 Å². The van der Waals surface area contributed by atoms with E-state index >= 15 is 0 Å². The molecule has 1 rings (SSSR count). The maximum Gasteiger partial charge on any atom is 0.322 e. The van der Waals surface area contributed by atoms with Crippen molar-refractivity contribution >= 4 is 11.7 Å². The van der Waals surface area contributed by atoms with Crippen LogP contribution in [0.3, 0.4) is 0 Å². The molecule has 0 unspecified atom stereocenters. The van der Waals surface area contributed by atoms with Crippen LogP contribution in [0.25, 0.3) is 0 Å². The van der Waals surface area contributed by atoms with Crippen LogP contribution in [-0.4, -0.2) is 34.0 Å². The number of hydrogen-bond acceptors (Lipinski definition) is 5. The van der Waals surface area contributed by atoms with Crippen molar-refractivity contribution in [2.75, 3.05) is 18.5 Å². The minimum atomic E-state index is -1.02. The highest BCUT2D eigenvalue weighted by atomic mass is 16.5. The van der Waals surface area contributed by atoms with Gasteiger partial charge in [0.1, 0.15) is 12.2 Å². The summed E-state index contributed by atoms with van der Waals surface area (Å²) in [5.74, 6) is -0.940. The molecule has 2 N–H and O–H groups in total. The molecule has 1 aromatic rings. The monoisotopic (exact) mass is 227 g/mol. The van der Waals surface area contributed by atoms with Crippen molar-refractivity contribution in [2.24, 2.45) is 7.05 Å². The number of aliphatic carboxylic acids is 1. The molecule has 0 aliphatic heterocycles. The third-order valence-electron chi connectivity index (χ3n) is 1.81. The van der Waals surface area contributed by atoms with Crippen LogP contribution in [0.15, 0.2) is 11.0 Å². The van der Waals surface area contributed by atoms with Crippen molar-refractivity contribution in [1.29, 1.82) is 0 Å². The minimum Gasteiger partial charge on any atom is -0.487 e. The average molecular weight is 227 g/mol. The third-order valence-corrected chi connectivity index (χ3v) is 1.81. The number of carboxylic acids is 1. The number of anilines is 1. The maximum atomic E-state index is 11.6. The van der Waals surface area contributed by atoms with Crippen molar-refractivity contribution in [3.05, 3.63) is 16.6 Å². The number of rotatable bonds is 5. The first kappa shape index (κ1) is 12.0. The van der Waals surface area contributed by atoms with Gasteiger partial charge in [0, 0.05) is 7.05 Å². The summed E-state index contributed by atoms with van der Waals surface area (Å²) in [4.78, 5) is 22.0. The molecule has 16 heavy (non-hydrogen) atoms. The molecule has 88 valence electrons. The number of carbonyl (C=O) groups is 1. The van der Waals surface area contributed by atoms with E-state index in [1.165, 1.54) is 13.2 Å². The van der Waals surface area contributed by atoms with Crippen LogP contribution >= 0.6 is 0 Å². The molecule has 7 nitrogen and oxygen atoms in total. The summed E-state index contributed by atoms with van der Waals surface area (Å²) < 4.78 is 6.27. The van der Waals surface area contributed by atoms with Gasteiger partial charge >= 0.3 is 11.5 Å². The predicted molar refractivity (Wildman–Crippen MR) is 56.8 cm³/mol. The largest absolute Gasteiger partial charge is 0.487 e. The van der Waals surface area contributed by atoms with Crippen LogP contribution in [-0.2, 0) is 11.8 Å². The lowest BCUT2D eigenvalue weighted by molar-refractivity contribution is -0.134. The van der Waals surface area contributed by atoms with Gasteiger partial charge in [0.2, 0.25) is 5.75 Å². The quantitative estimate of drug-likeness (QED) is 0.715. The Labute approximate surface area is 91.7 Å². The van der Waals surface area contributed by atoms with Gasteiger partial charge in [0.05, 0.1) is 12.8 Å². The van der Waals surface area contributed by atoms with E-state index in [1.807, 2.05) is 0 Å². The molecule has 7 heteroatoms. The molecular weight excluding hydrogens is 214 g/mol. The minimum absolute atomic E-state index is 0.0845. The maximum absolute atomic E-state index is 11.6. The van der Waals surface area contributed by atoms with Gasteiger partial charge in [0.25, 0.3) is 0 Å². The van der Waals surface area contributed by atoms with Crippen molar-refractivity contribution < 1.29 is 14.6 Å². The van der Waals surface area contributed by atoms with Gasteiger partial charge < -0.3 is 15.2 Å². The zero-order valence-corrected chi connectivity index (χ0v) is 9.06. The molecule has 0 aliphatic carbocycles. The predicted octanol–water partition coefficient (Wildman–Crippen LogP) is -0.325. The van der Waals surface area contributed by atoms with E-state index in [2.05, 4.69) is 10.4 Å². The normalized spacial score (nSPS) is 9.88. The Hall–Kier alpha value is -2.05. The molecule has 1 aromatic heterocycles. The lowest BCUT2D eigenvalue weighted by atomic mass is 10.4. The SMILES string of the molecule is CCOc1c(NCC(=O)O)cnn(C)c1=O. The first-order valence-corrected chi connectivity index (χ1v) is 4.71. The molecule has 0 fully saturated rings. The Balaban J connectivity index is 3.03. The van der Waals surface area contributed by atoms with Crippen molar-refractivity contribution in [2.45, 2.75) is 6.92 Å². The van der Waals surface area contributed by atoms with E-state index in [1.54, 1.807) is 6.92 Å². The highest BCUT2D eigenvalue weighted by molar-refractivity contribution is 5.73. The van der Waals surface area contributed by atoms with E-state index in [-0.39, 0.29) is 18.0 Å². The van der Waals surface area contributed by atoms with Crippen LogP contribution in [0.2, 0.25) is 0 Å². The topological polar surface area (TPSA) is 93.4 Å². The first-order chi connectivity index (χ1) is 7.56.